The molecule has 0 aromatic heterocycles. The second-order valence-corrected chi connectivity index (χ2v) is 4.23. The minimum absolute atomic E-state index is 0.0243. The first-order chi connectivity index (χ1) is 8.36. The number of carbonyl (C=O) groups is 2. The predicted octanol–water partition coefficient (Wildman–Crippen LogP) is 1.59. The highest BCUT2D eigenvalue weighted by molar-refractivity contribution is 6.24. The third kappa shape index (κ3) is 7.62. The Morgan fingerprint density at radius 1 is 1.28 bits per heavy atom. The van der Waals surface area contributed by atoms with Crippen LogP contribution in [-0.4, -0.2) is 45.6 Å². The number of rotatable bonds is 3. The Kier molecular flexibility index (Phi) is 7.71. The number of ketones is 1. The van der Waals surface area contributed by atoms with E-state index < -0.39 is 0 Å². The fourth-order valence-corrected chi connectivity index (χ4v) is 1.09. The summed E-state index contributed by atoms with van der Waals surface area (Å²) >= 11 is 0. The van der Waals surface area contributed by atoms with Gasteiger partial charge in [-0.05, 0) is 39.6 Å². The quantitative estimate of drug-likeness (QED) is 0.650. The molecule has 1 amide bonds. The Balaban J connectivity index is 0.000000631. The lowest BCUT2D eigenvalue weighted by Gasteiger charge is -2.03. The second kappa shape index (κ2) is 8.47. The minimum Gasteiger partial charge on any atom is -0.326 e. The van der Waals surface area contributed by atoms with Crippen molar-refractivity contribution in [2.75, 3.05) is 26.5 Å². The van der Waals surface area contributed by atoms with Crippen LogP contribution in [0, 0.1) is 0 Å². The molecule has 5 heteroatoms. The zero-order valence-electron chi connectivity index (χ0n) is 11.4. The van der Waals surface area contributed by atoms with Crippen LogP contribution < -0.4 is 5.32 Å². The van der Waals surface area contributed by atoms with E-state index >= 15 is 0 Å². The Morgan fingerprint density at radius 2 is 1.83 bits per heavy atom. The van der Waals surface area contributed by atoms with Crippen molar-refractivity contribution >= 4 is 25.2 Å². The van der Waals surface area contributed by atoms with E-state index in [2.05, 4.69) is 5.32 Å². The van der Waals surface area contributed by atoms with Crippen LogP contribution in [0.3, 0.4) is 0 Å². The lowest BCUT2D eigenvalue weighted by atomic mass is 9.96. The molecule has 4 nitrogen and oxygen atoms in total. The summed E-state index contributed by atoms with van der Waals surface area (Å²) < 4.78 is 0. The number of hydrogen-bond acceptors (Lipinski definition) is 3. The number of nitrogens with zero attached hydrogens (tertiary/aromatic N) is 1. The van der Waals surface area contributed by atoms with Crippen LogP contribution in [0.2, 0.25) is 6.32 Å². The highest BCUT2D eigenvalue weighted by Gasteiger charge is 2.03. The van der Waals surface area contributed by atoms with Crippen LogP contribution in [0.15, 0.2) is 24.3 Å². The third-order valence-electron chi connectivity index (χ3n) is 1.69. The van der Waals surface area contributed by atoms with Crippen molar-refractivity contribution in [2.24, 2.45) is 0 Å². The number of benzene rings is 1. The standard InChI is InChI=1S/C10H10BNO2.C3H9N/c1-7(13)12-9-4-2-3-8(5-9)10(14)6-11;1-4(2)3/h2-5H,6H2,1H3,(H,12,13);1-3H3. The Bertz CT molecular complexity index is 403. The number of hydrogen-bond donors (Lipinski definition) is 1. The SMILES string of the molecule is CN(C)C.[B]CC(=O)c1cccc(NC(C)=O)c1. The lowest BCUT2D eigenvalue weighted by Crippen LogP contribution is -2.06. The zero-order valence-corrected chi connectivity index (χ0v) is 11.4. The van der Waals surface area contributed by atoms with Crippen LogP contribution in [0.1, 0.15) is 17.3 Å². The first kappa shape index (κ1) is 16.4. The van der Waals surface area contributed by atoms with Gasteiger partial charge in [-0.3, -0.25) is 9.59 Å². The van der Waals surface area contributed by atoms with E-state index in [1.807, 2.05) is 26.0 Å². The van der Waals surface area contributed by atoms with Gasteiger partial charge in [0.15, 0.2) is 5.78 Å². The molecular weight excluding hydrogens is 227 g/mol. The van der Waals surface area contributed by atoms with Gasteiger partial charge in [-0.2, -0.15) is 0 Å². The fraction of sp³-hybridized carbons (Fsp3) is 0.385. The molecular formula is C13H19BN2O2. The average molecular weight is 246 g/mol. The zero-order chi connectivity index (χ0) is 14.1. The average Bonchev–Trinajstić information content (AvgIpc) is 2.26. The van der Waals surface area contributed by atoms with Gasteiger partial charge in [-0.15, -0.1) is 0 Å². The molecule has 1 aromatic carbocycles. The molecule has 0 atom stereocenters. The molecule has 18 heavy (non-hydrogen) atoms. The lowest BCUT2D eigenvalue weighted by molar-refractivity contribution is -0.114. The van der Waals surface area contributed by atoms with Crippen LogP contribution in [0.5, 0.6) is 0 Å². The van der Waals surface area contributed by atoms with Crippen molar-refractivity contribution in [1.29, 1.82) is 0 Å². The number of amides is 1. The monoisotopic (exact) mass is 246 g/mol. The fourth-order valence-electron chi connectivity index (χ4n) is 1.09. The van der Waals surface area contributed by atoms with Crippen LogP contribution >= 0.6 is 0 Å². The maximum Gasteiger partial charge on any atom is 0.221 e. The van der Waals surface area contributed by atoms with Crippen molar-refractivity contribution in [3.63, 3.8) is 0 Å². The van der Waals surface area contributed by atoms with E-state index in [0.717, 1.165) is 0 Å². The number of carbonyl (C=O) groups excluding carboxylic acids is 2. The van der Waals surface area contributed by atoms with Gasteiger partial charge < -0.3 is 10.2 Å². The van der Waals surface area contributed by atoms with E-state index in [1.165, 1.54) is 6.92 Å². The van der Waals surface area contributed by atoms with Crippen molar-refractivity contribution in [1.82, 2.24) is 4.90 Å². The highest BCUT2D eigenvalue weighted by atomic mass is 16.1. The summed E-state index contributed by atoms with van der Waals surface area (Å²) in [5, 5.41) is 2.59. The molecule has 0 aliphatic carbocycles. The van der Waals surface area contributed by atoms with E-state index in [-0.39, 0.29) is 18.0 Å². The molecule has 0 saturated carbocycles. The van der Waals surface area contributed by atoms with E-state index in [0.29, 0.717) is 11.3 Å². The Morgan fingerprint density at radius 3 is 2.28 bits per heavy atom. The van der Waals surface area contributed by atoms with Gasteiger partial charge in [0.2, 0.25) is 5.91 Å². The van der Waals surface area contributed by atoms with E-state index in [4.69, 9.17) is 7.85 Å². The van der Waals surface area contributed by atoms with E-state index in [9.17, 15) is 9.59 Å². The molecule has 0 unspecified atom stereocenters. The number of anilines is 1. The van der Waals surface area contributed by atoms with Crippen LogP contribution in [0.4, 0.5) is 5.69 Å². The molecule has 1 N–H and O–H groups in total. The van der Waals surface area contributed by atoms with Gasteiger partial charge in [0, 0.05) is 18.2 Å². The van der Waals surface area contributed by atoms with Gasteiger partial charge in [0.25, 0.3) is 0 Å². The van der Waals surface area contributed by atoms with Gasteiger partial charge >= 0.3 is 0 Å². The van der Waals surface area contributed by atoms with Gasteiger partial charge in [0.05, 0.1) is 7.85 Å². The molecule has 0 aliphatic rings. The first-order valence-corrected chi connectivity index (χ1v) is 5.58. The molecule has 0 heterocycles. The van der Waals surface area contributed by atoms with Crippen molar-refractivity contribution in [2.45, 2.75) is 13.2 Å². The maximum atomic E-state index is 11.2. The molecule has 0 saturated heterocycles. The molecule has 2 radical (unpaired) electrons. The van der Waals surface area contributed by atoms with Gasteiger partial charge in [0.1, 0.15) is 0 Å². The second-order valence-electron chi connectivity index (χ2n) is 4.23. The summed E-state index contributed by atoms with van der Waals surface area (Å²) in [6.45, 7) is 1.41. The highest BCUT2D eigenvalue weighted by Crippen LogP contribution is 2.11. The predicted molar refractivity (Wildman–Crippen MR) is 75.2 cm³/mol. The molecule has 0 aliphatic heterocycles. The molecule has 0 fully saturated rings. The van der Waals surface area contributed by atoms with Crippen LogP contribution in [0.25, 0.3) is 0 Å². The van der Waals surface area contributed by atoms with Crippen molar-refractivity contribution in [3.8, 4) is 0 Å². The molecule has 1 aromatic rings. The summed E-state index contributed by atoms with van der Waals surface area (Å²) in [7, 11) is 11.2. The molecule has 0 bridgehead atoms. The van der Waals surface area contributed by atoms with E-state index in [1.54, 1.807) is 24.3 Å². The topological polar surface area (TPSA) is 49.4 Å². The number of nitrogens with one attached hydrogen (secondary N) is 1. The smallest absolute Gasteiger partial charge is 0.221 e. The number of Topliss-reactive ketones (excluding diaryl/α,β-unsaturated/α-hetero) is 1. The summed E-state index contributed by atoms with van der Waals surface area (Å²) in [6, 6.07) is 6.69. The van der Waals surface area contributed by atoms with Crippen LogP contribution in [-0.2, 0) is 4.79 Å². The minimum atomic E-state index is -0.164. The molecule has 1 rings (SSSR count). The summed E-state index contributed by atoms with van der Waals surface area (Å²) in [4.78, 5) is 24.0. The van der Waals surface area contributed by atoms with Crippen molar-refractivity contribution in [3.05, 3.63) is 29.8 Å². The molecule has 96 valence electrons. The largest absolute Gasteiger partial charge is 0.326 e. The Hall–Kier alpha value is -1.62. The van der Waals surface area contributed by atoms with Gasteiger partial charge in [-0.1, -0.05) is 12.1 Å². The maximum absolute atomic E-state index is 11.2. The first-order valence-electron chi connectivity index (χ1n) is 5.58. The summed E-state index contributed by atoms with van der Waals surface area (Å²) in [5.74, 6) is -0.306. The normalized spacial score (nSPS) is 9.39. The molecule has 0 spiro atoms. The Labute approximate surface area is 110 Å². The third-order valence-corrected chi connectivity index (χ3v) is 1.69. The summed E-state index contributed by atoms with van der Waals surface area (Å²) in [6.07, 6.45) is -0.0243. The summed E-state index contributed by atoms with van der Waals surface area (Å²) in [5.41, 5.74) is 1.12. The van der Waals surface area contributed by atoms with Crippen molar-refractivity contribution < 1.29 is 9.59 Å². The van der Waals surface area contributed by atoms with Gasteiger partial charge in [-0.25, -0.2) is 0 Å².